The van der Waals surface area contributed by atoms with Gasteiger partial charge in [0, 0.05) is 64.5 Å². The fraction of sp³-hybridized carbons (Fsp3) is 0.359. The number of nitrogens with zero attached hydrogens (tertiary/aromatic N) is 12. The predicted octanol–water partition coefficient (Wildman–Crippen LogP) is 25.5. The third-order valence-electron chi connectivity index (χ3n) is 22.7. The standard InChI is InChI=1S/C40H40N6O2.C33H40N4O4.C30H34N4O4/c1-27(2)26-47-35-25-36-34(24-33(35)29-12-6-3-7-13-29)43-37(48-36)23-20-28-18-21-30(22-19-28)38-44-39(41-31-14-8-4-9-15-31)46-40(45-38)42-32-16-10-5-11-17-32;1-5-22(4)21-40-28-20-29-27(19-26(28)24-11-9-8-10-12-24)34-30(41-29)18-15-23-13-16-25(17-14-23)31-35-32(38-6-2)37-33(36-31)39-7-3;1-19(2)18-37-25-17-26-24(16-23(25)21-8-6-5-7-9-21)31-27(38-26)15-12-20-10-13-22(14-11-20)28-32-29(35-3)34-30(33-28)36-4/h4-5,8-11,14-25,27,29H,3,6-7,12-13,26H2,1-2H3,(H2,41,42,44,45,46);13-20,22,24H,5-12,21H2,1-4H3;10-17,19,21H,5-9,18H2,1-4H3/b;18-15+;15-12+. The quantitative estimate of drug-likeness (QED) is 0.0396. The highest BCUT2D eigenvalue weighted by Crippen LogP contribution is 2.44. The number of nitrogens with one attached hydrogen (secondary N) is 2. The number of hydrogen-bond donors (Lipinski definition) is 2. The molecule has 3 fully saturated rings. The van der Waals surface area contributed by atoms with Gasteiger partial charge in [-0.1, -0.05) is 215 Å². The normalized spacial score (nSPS) is 14.3. The highest BCUT2D eigenvalue weighted by Gasteiger charge is 2.27. The van der Waals surface area contributed by atoms with E-state index < -0.39 is 0 Å². The first-order chi connectivity index (χ1) is 62.1. The van der Waals surface area contributed by atoms with E-state index in [0.29, 0.717) is 116 Å². The summed E-state index contributed by atoms with van der Waals surface area (Å²) < 4.78 is 58.6. The van der Waals surface area contributed by atoms with E-state index in [2.05, 4.69) is 105 Å². The second-order valence-electron chi connectivity index (χ2n) is 33.3. The molecule has 127 heavy (non-hydrogen) atoms. The third kappa shape index (κ3) is 24.2. The van der Waals surface area contributed by atoms with Gasteiger partial charge in [0.15, 0.2) is 34.2 Å². The Morgan fingerprint density at radius 3 is 0.984 bits per heavy atom. The largest absolute Gasteiger partial charge is 0.493 e. The Morgan fingerprint density at radius 1 is 0.339 bits per heavy atom. The molecule has 1 atom stereocenters. The van der Waals surface area contributed by atoms with Crippen LogP contribution in [0.3, 0.4) is 0 Å². The molecule has 3 saturated carbocycles. The summed E-state index contributed by atoms with van der Waals surface area (Å²) in [5.41, 5.74) is 16.0. The molecule has 3 aliphatic carbocycles. The Morgan fingerprint density at radius 2 is 0.661 bits per heavy atom. The van der Waals surface area contributed by atoms with Crippen LogP contribution in [0.1, 0.15) is 227 Å². The molecule has 0 saturated heterocycles. The van der Waals surface area contributed by atoms with Crippen LogP contribution < -0.4 is 43.8 Å². The summed E-state index contributed by atoms with van der Waals surface area (Å²) in [7, 11) is 3.02. The Kier molecular flexibility index (Phi) is 30.3. The molecular weight excluding hydrogens is 1590 g/mol. The van der Waals surface area contributed by atoms with Crippen LogP contribution in [-0.2, 0) is 0 Å². The summed E-state index contributed by atoms with van der Waals surface area (Å²) in [6.07, 6.45) is 31.5. The van der Waals surface area contributed by atoms with Crippen LogP contribution in [0.2, 0.25) is 0 Å². The number of rotatable bonds is 32. The molecule has 0 amide bonds. The number of hydrogen-bond acceptors (Lipinski definition) is 24. The molecule has 0 spiro atoms. The van der Waals surface area contributed by atoms with Gasteiger partial charge in [0.05, 0.1) is 47.3 Å². The Balaban J connectivity index is 0.000000148. The van der Waals surface area contributed by atoms with Gasteiger partial charge in [-0.2, -0.15) is 34.9 Å². The first-order valence-electron chi connectivity index (χ1n) is 45.0. The Labute approximate surface area is 743 Å². The van der Waals surface area contributed by atoms with Gasteiger partial charge >= 0.3 is 24.0 Å². The molecule has 6 aromatic heterocycles. The molecule has 24 nitrogen and oxygen atoms in total. The summed E-state index contributed by atoms with van der Waals surface area (Å²) in [5, 5.41) is 6.60. The van der Waals surface area contributed by atoms with Gasteiger partial charge in [-0.3, -0.25) is 0 Å². The van der Waals surface area contributed by atoms with Gasteiger partial charge in [-0.05, 0) is 182 Å². The molecule has 6 heterocycles. The van der Waals surface area contributed by atoms with Crippen LogP contribution in [0, 0.1) is 17.8 Å². The minimum Gasteiger partial charge on any atom is -0.493 e. The highest BCUT2D eigenvalue weighted by molar-refractivity contribution is 5.82. The van der Waals surface area contributed by atoms with E-state index in [9.17, 15) is 0 Å². The number of aromatic nitrogens is 12. The molecule has 0 radical (unpaired) electrons. The second kappa shape index (κ2) is 43.5. The van der Waals surface area contributed by atoms with Gasteiger partial charge in [0.2, 0.25) is 29.6 Å². The maximum atomic E-state index is 6.34. The van der Waals surface area contributed by atoms with E-state index in [1.807, 2.05) is 202 Å². The van der Waals surface area contributed by atoms with E-state index in [-0.39, 0.29) is 24.0 Å². The SMILES string of the molecule is CC(C)COc1cc2oc(C=Cc3ccc(-c4nc(Nc5ccccc5)nc(Nc5ccccc5)n4)cc3)nc2cc1C1CCCCC1.CCOc1nc(OCC)nc(-c2ccc(/C=C/c3nc4cc(C5CCCCC5)c(OCC(C)CC)cc4o3)cc2)n1.COc1nc(OC)nc(-c2ccc(/C=C/c3nc4cc(C5CCCCC5)c(OCC(C)C)cc4o3)cc2)n1. The van der Waals surface area contributed by atoms with Crippen molar-refractivity contribution in [3.8, 4) is 75.5 Å². The fourth-order valence-electron chi connectivity index (χ4n) is 15.8. The van der Waals surface area contributed by atoms with Crippen molar-refractivity contribution in [1.82, 2.24) is 59.8 Å². The number of fused-ring (bicyclic) bond motifs is 3. The summed E-state index contributed by atoms with van der Waals surface area (Å²) in [6, 6.07) is 57.1. The third-order valence-corrected chi connectivity index (χ3v) is 22.7. The molecule has 1 unspecified atom stereocenters. The van der Waals surface area contributed by atoms with E-state index in [1.165, 1.54) is 127 Å². The summed E-state index contributed by atoms with van der Waals surface area (Å²) in [6.45, 7) is 19.9. The minimum absolute atomic E-state index is 0.205. The van der Waals surface area contributed by atoms with Crippen LogP contribution in [-0.4, -0.2) is 107 Å². The highest BCUT2D eigenvalue weighted by atomic mass is 16.5. The smallest absolute Gasteiger partial charge is 0.323 e. The number of ether oxygens (including phenoxy) is 7. The average Bonchev–Trinajstić information content (AvgIpc) is 1.68. The number of para-hydroxylation sites is 2. The van der Waals surface area contributed by atoms with Gasteiger partial charge in [0.25, 0.3) is 0 Å². The fourth-order valence-corrected chi connectivity index (χ4v) is 15.8. The van der Waals surface area contributed by atoms with Crippen molar-refractivity contribution in [3.63, 3.8) is 0 Å². The van der Waals surface area contributed by atoms with Gasteiger partial charge < -0.3 is 57.0 Å². The Bertz CT molecular complexity index is 5890. The van der Waals surface area contributed by atoms with E-state index in [1.54, 1.807) is 0 Å². The number of oxazole rings is 3. The zero-order valence-corrected chi connectivity index (χ0v) is 74.4. The number of benzene rings is 8. The topological polar surface area (TPSA) is 283 Å². The number of anilines is 4. The maximum Gasteiger partial charge on any atom is 0.323 e. The molecule has 0 bridgehead atoms. The monoisotopic (exact) mass is 1710 g/mol. The lowest BCUT2D eigenvalue weighted by molar-refractivity contribution is 0.251. The van der Waals surface area contributed by atoms with Gasteiger partial charge in [0.1, 0.15) is 33.8 Å². The lowest BCUT2D eigenvalue weighted by Crippen LogP contribution is -2.11. The van der Waals surface area contributed by atoms with Crippen molar-refractivity contribution < 1.29 is 46.4 Å². The lowest BCUT2D eigenvalue weighted by Gasteiger charge is -2.24. The van der Waals surface area contributed by atoms with Crippen molar-refractivity contribution in [1.29, 1.82) is 0 Å². The van der Waals surface area contributed by atoms with Crippen molar-refractivity contribution in [2.45, 2.75) is 176 Å². The molecule has 17 rings (SSSR count). The molecule has 3 aliphatic rings. The van der Waals surface area contributed by atoms with Gasteiger partial charge in [-0.25, -0.2) is 15.0 Å². The molecular formula is C103H114N14O10. The van der Waals surface area contributed by atoms with Crippen LogP contribution in [0.15, 0.2) is 183 Å². The van der Waals surface area contributed by atoms with E-state index in [4.69, 9.17) is 71.3 Å². The summed E-state index contributed by atoms with van der Waals surface area (Å²) in [5.74, 6) is 9.93. The lowest BCUT2D eigenvalue weighted by atomic mass is 9.83. The maximum absolute atomic E-state index is 6.34. The Hall–Kier alpha value is -13.4. The first kappa shape index (κ1) is 88.5. The number of methoxy groups -OCH3 is 2. The average molecular weight is 1710 g/mol. The van der Waals surface area contributed by atoms with Crippen LogP contribution in [0.25, 0.3) is 104 Å². The van der Waals surface area contributed by atoms with Gasteiger partial charge in [-0.15, -0.1) is 9.97 Å². The van der Waals surface area contributed by atoms with Crippen molar-refractivity contribution in [2.24, 2.45) is 17.8 Å². The summed E-state index contributed by atoms with van der Waals surface area (Å²) in [4.78, 5) is 54.2. The summed E-state index contributed by atoms with van der Waals surface area (Å²) >= 11 is 0. The first-order valence-corrected chi connectivity index (χ1v) is 45.0. The molecule has 656 valence electrons. The minimum atomic E-state index is 0.205. The van der Waals surface area contributed by atoms with E-state index in [0.717, 1.165) is 102 Å². The predicted molar refractivity (Wildman–Crippen MR) is 503 cm³/mol. The van der Waals surface area contributed by atoms with Crippen molar-refractivity contribution >= 4 is 93.0 Å². The zero-order valence-electron chi connectivity index (χ0n) is 74.4. The molecule has 8 aromatic carbocycles. The van der Waals surface area contributed by atoms with Crippen LogP contribution in [0.5, 0.6) is 41.3 Å². The van der Waals surface area contributed by atoms with E-state index >= 15 is 0 Å². The van der Waals surface area contributed by atoms with Crippen molar-refractivity contribution in [3.05, 3.63) is 221 Å². The molecule has 0 aliphatic heterocycles. The molecule has 14 aromatic rings. The van der Waals surface area contributed by atoms with Crippen LogP contribution in [0.4, 0.5) is 23.3 Å². The molecule has 2 N–H and O–H groups in total. The van der Waals surface area contributed by atoms with Crippen molar-refractivity contribution in [2.75, 3.05) is 57.9 Å². The van der Waals surface area contributed by atoms with Crippen LogP contribution >= 0.6 is 0 Å². The molecule has 24 heteroatoms. The second-order valence-corrected chi connectivity index (χ2v) is 33.3. The zero-order chi connectivity index (χ0) is 87.8.